The van der Waals surface area contributed by atoms with Crippen LogP contribution >= 0.6 is 11.6 Å². The molecule has 1 aliphatic rings. The van der Waals surface area contributed by atoms with E-state index in [9.17, 15) is 9.18 Å². The van der Waals surface area contributed by atoms with Crippen molar-refractivity contribution in [3.8, 4) is 0 Å². The van der Waals surface area contributed by atoms with Crippen molar-refractivity contribution >= 4 is 29.5 Å². The average Bonchev–Trinajstić information content (AvgIpc) is 3.36. The summed E-state index contributed by atoms with van der Waals surface area (Å²) in [4.78, 5) is 14.5. The summed E-state index contributed by atoms with van der Waals surface area (Å²) in [7, 11) is 0. The molecule has 0 aliphatic carbocycles. The number of benzene rings is 3. The molecular weight excluding hydrogens is 487 g/mol. The summed E-state index contributed by atoms with van der Waals surface area (Å²) in [5, 5.41) is 0.495. The lowest BCUT2D eigenvalue weighted by Gasteiger charge is -2.19. The first-order valence-electron chi connectivity index (χ1n) is 12.7. The van der Waals surface area contributed by atoms with E-state index in [0.717, 1.165) is 35.1 Å². The van der Waals surface area contributed by atoms with E-state index >= 15 is 0 Å². The van der Waals surface area contributed by atoms with Gasteiger partial charge in [0.2, 0.25) is 0 Å². The molecular formula is C31H34ClFN2O2. The first-order valence-corrected chi connectivity index (χ1v) is 13.1. The predicted molar refractivity (Wildman–Crippen MR) is 149 cm³/mol. The number of carbonyl (C=O) groups excluding carboxylic acids is 1. The fourth-order valence-electron chi connectivity index (χ4n) is 4.84. The second kappa shape index (κ2) is 12.3. The molecule has 37 heavy (non-hydrogen) atoms. The highest BCUT2D eigenvalue weighted by Gasteiger charge is 2.28. The second-order valence-electron chi connectivity index (χ2n) is 10.0. The van der Waals surface area contributed by atoms with Gasteiger partial charge in [-0.25, -0.2) is 9.18 Å². The number of nitrogens with two attached hydrogens (primary N) is 1. The van der Waals surface area contributed by atoms with E-state index in [2.05, 4.69) is 13.0 Å². The number of hydrogen-bond donors (Lipinski definition) is 1. The van der Waals surface area contributed by atoms with Crippen LogP contribution in [0, 0.1) is 18.7 Å². The SMILES string of the molecule is Cc1ccc(F)c(C/C(=C\c2ccc(N)c(Cl)c2)CC2CCN(C(=O)OCC(C)c3ccccc3)C2)c1. The molecule has 0 radical (unpaired) electrons. The topological polar surface area (TPSA) is 55.6 Å². The van der Waals surface area contributed by atoms with E-state index in [1.165, 1.54) is 6.07 Å². The first-order chi connectivity index (χ1) is 17.8. The Morgan fingerprint density at radius 2 is 1.97 bits per heavy atom. The van der Waals surface area contributed by atoms with Crippen LogP contribution in [0.25, 0.3) is 6.08 Å². The molecule has 6 heteroatoms. The van der Waals surface area contributed by atoms with Gasteiger partial charge in [0, 0.05) is 19.0 Å². The fourth-order valence-corrected chi connectivity index (χ4v) is 5.02. The van der Waals surface area contributed by atoms with Gasteiger partial charge in [-0.2, -0.15) is 0 Å². The van der Waals surface area contributed by atoms with Crippen LogP contribution in [0.2, 0.25) is 5.02 Å². The summed E-state index contributed by atoms with van der Waals surface area (Å²) in [6.07, 6.45) is 3.91. The second-order valence-corrected chi connectivity index (χ2v) is 10.5. The molecule has 2 N–H and O–H groups in total. The van der Waals surface area contributed by atoms with Crippen molar-refractivity contribution in [3.63, 3.8) is 0 Å². The number of nitrogen functional groups attached to an aromatic ring is 1. The highest BCUT2D eigenvalue weighted by molar-refractivity contribution is 6.33. The molecule has 0 spiro atoms. The Balaban J connectivity index is 1.42. The summed E-state index contributed by atoms with van der Waals surface area (Å²) < 4.78 is 20.2. The van der Waals surface area contributed by atoms with Gasteiger partial charge in [-0.1, -0.05) is 84.3 Å². The summed E-state index contributed by atoms with van der Waals surface area (Å²) in [6, 6.07) is 20.8. The normalized spacial score (nSPS) is 16.6. The number of allylic oxidation sites excluding steroid dienone is 1. The summed E-state index contributed by atoms with van der Waals surface area (Å²) in [5.41, 5.74) is 11.2. The van der Waals surface area contributed by atoms with E-state index in [1.807, 2.05) is 55.5 Å². The van der Waals surface area contributed by atoms with Crippen LogP contribution in [0.5, 0.6) is 0 Å². The summed E-state index contributed by atoms with van der Waals surface area (Å²) >= 11 is 6.25. The largest absolute Gasteiger partial charge is 0.449 e. The number of aryl methyl sites for hydroxylation is 1. The number of rotatable bonds is 8. The maximum atomic E-state index is 14.6. The summed E-state index contributed by atoms with van der Waals surface area (Å²) in [6.45, 7) is 5.64. The van der Waals surface area contributed by atoms with Crippen molar-refractivity contribution in [1.82, 2.24) is 4.90 Å². The zero-order chi connectivity index (χ0) is 26.4. The Kier molecular flexibility index (Phi) is 8.88. The van der Waals surface area contributed by atoms with E-state index in [0.29, 0.717) is 42.4 Å². The average molecular weight is 521 g/mol. The van der Waals surface area contributed by atoms with Crippen LogP contribution in [0.4, 0.5) is 14.9 Å². The maximum absolute atomic E-state index is 14.6. The number of likely N-dealkylation sites (tertiary alicyclic amines) is 1. The molecule has 0 bridgehead atoms. The predicted octanol–water partition coefficient (Wildman–Crippen LogP) is 7.65. The van der Waals surface area contributed by atoms with Crippen molar-refractivity contribution < 1.29 is 13.9 Å². The molecule has 1 fully saturated rings. The first kappa shape index (κ1) is 26.7. The molecule has 1 heterocycles. The van der Waals surface area contributed by atoms with E-state index in [1.54, 1.807) is 17.0 Å². The minimum Gasteiger partial charge on any atom is -0.449 e. The van der Waals surface area contributed by atoms with Crippen LogP contribution in [-0.2, 0) is 11.2 Å². The zero-order valence-electron chi connectivity index (χ0n) is 21.4. The van der Waals surface area contributed by atoms with Crippen molar-refractivity contribution in [2.24, 2.45) is 5.92 Å². The van der Waals surface area contributed by atoms with E-state index in [4.69, 9.17) is 22.1 Å². The van der Waals surface area contributed by atoms with Gasteiger partial charge < -0.3 is 15.4 Å². The highest BCUT2D eigenvalue weighted by Crippen LogP contribution is 2.29. The lowest BCUT2D eigenvalue weighted by Crippen LogP contribution is -2.30. The van der Waals surface area contributed by atoms with E-state index < -0.39 is 0 Å². The van der Waals surface area contributed by atoms with Gasteiger partial charge in [0.1, 0.15) is 5.82 Å². The van der Waals surface area contributed by atoms with Crippen LogP contribution < -0.4 is 5.73 Å². The van der Waals surface area contributed by atoms with Crippen LogP contribution in [0.1, 0.15) is 47.9 Å². The van der Waals surface area contributed by atoms with Crippen molar-refractivity contribution in [3.05, 3.63) is 105 Å². The van der Waals surface area contributed by atoms with Gasteiger partial charge in [0.25, 0.3) is 0 Å². The van der Waals surface area contributed by atoms with Gasteiger partial charge in [-0.3, -0.25) is 0 Å². The Labute approximate surface area is 223 Å². The monoisotopic (exact) mass is 520 g/mol. The van der Waals surface area contributed by atoms with Gasteiger partial charge in [0.15, 0.2) is 0 Å². The molecule has 0 saturated carbocycles. The molecule has 1 amide bonds. The molecule has 2 atom stereocenters. The minimum absolute atomic E-state index is 0.133. The molecule has 1 saturated heterocycles. The van der Waals surface area contributed by atoms with Crippen molar-refractivity contribution in [1.29, 1.82) is 0 Å². The maximum Gasteiger partial charge on any atom is 0.409 e. The van der Waals surface area contributed by atoms with Crippen LogP contribution in [-0.4, -0.2) is 30.7 Å². The van der Waals surface area contributed by atoms with Gasteiger partial charge in [-0.15, -0.1) is 0 Å². The molecule has 3 aromatic rings. The number of amides is 1. The number of halogens is 2. The quantitative estimate of drug-likeness (QED) is 0.310. The number of carbonyl (C=O) groups is 1. The Morgan fingerprint density at radius 3 is 2.73 bits per heavy atom. The smallest absolute Gasteiger partial charge is 0.409 e. The highest BCUT2D eigenvalue weighted by atomic mass is 35.5. The van der Waals surface area contributed by atoms with Crippen LogP contribution in [0.3, 0.4) is 0 Å². The third kappa shape index (κ3) is 7.36. The van der Waals surface area contributed by atoms with Crippen LogP contribution in [0.15, 0.2) is 72.3 Å². The summed E-state index contributed by atoms with van der Waals surface area (Å²) in [5.74, 6) is 0.188. The molecule has 3 aromatic carbocycles. The Bertz CT molecular complexity index is 1260. The molecule has 1 aliphatic heterocycles. The molecule has 4 rings (SSSR count). The van der Waals surface area contributed by atoms with E-state index in [-0.39, 0.29) is 23.7 Å². The van der Waals surface area contributed by atoms with Gasteiger partial charge in [0.05, 0.1) is 17.3 Å². The lowest BCUT2D eigenvalue weighted by molar-refractivity contribution is 0.104. The molecule has 194 valence electrons. The number of nitrogens with zero attached hydrogens (tertiary/aromatic N) is 1. The van der Waals surface area contributed by atoms with Gasteiger partial charge >= 0.3 is 6.09 Å². The fraction of sp³-hybridized carbons (Fsp3) is 0.323. The molecule has 4 nitrogen and oxygen atoms in total. The standard InChI is InChI=1S/C31H34ClFN2O2/c1-21-8-10-29(33)27(14-21)17-25(15-23-9-11-30(34)28(32)18-23)16-24-12-13-35(19-24)31(36)37-20-22(2)26-6-4-3-5-7-26/h3-11,14-15,18,22,24H,12-13,16-17,19-20,34H2,1-2H3/b25-15-. The molecule has 2 unspecified atom stereocenters. The van der Waals surface area contributed by atoms with Crippen molar-refractivity contribution in [2.45, 2.75) is 39.0 Å². The Hall–Kier alpha value is -3.31. The number of ether oxygens (including phenoxy) is 1. The number of hydrogen-bond acceptors (Lipinski definition) is 3. The third-order valence-corrected chi connectivity index (χ3v) is 7.26. The van der Waals surface area contributed by atoms with Crippen molar-refractivity contribution in [2.75, 3.05) is 25.4 Å². The molecule has 0 aromatic heterocycles. The lowest BCUT2D eigenvalue weighted by atomic mass is 9.92. The third-order valence-electron chi connectivity index (χ3n) is 6.93. The van der Waals surface area contributed by atoms with Gasteiger partial charge in [-0.05, 0) is 67.0 Å². The zero-order valence-corrected chi connectivity index (χ0v) is 22.2. The Morgan fingerprint density at radius 1 is 1.19 bits per heavy atom. The minimum atomic E-state index is -0.272. The number of anilines is 1.